The summed E-state index contributed by atoms with van der Waals surface area (Å²) in [5.41, 5.74) is 0. The lowest BCUT2D eigenvalue weighted by Crippen LogP contribution is -2.47. The zero-order valence-corrected chi connectivity index (χ0v) is 10.9. The molecule has 2 fully saturated rings. The van der Waals surface area contributed by atoms with Crippen molar-refractivity contribution in [1.82, 2.24) is 10.2 Å². The van der Waals surface area contributed by atoms with Gasteiger partial charge in [-0.15, -0.1) is 0 Å². The van der Waals surface area contributed by atoms with Crippen molar-refractivity contribution in [3.63, 3.8) is 0 Å². The molecule has 2 unspecified atom stereocenters. The van der Waals surface area contributed by atoms with E-state index in [1.807, 2.05) is 0 Å². The SMILES string of the molecule is COCC(C1CC1)N(CCO)CC1CCCN1. The third-order valence-electron chi connectivity index (χ3n) is 3.98. The van der Waals surface area contributed by atoms with Crippen LogP contribution in [-0.2, 0) is 4.74 Å². The number of hydrogen-bond donors (Lipinski definition) is 2. The highest BCUT2D eigenvalue weighted by atomic mass is 16.5. The summed E-state index contributed by atoms with van der Waals surface area (Å²) in [7, 11) is 1.78. The third kappa shape index (κ3) is 3.91. The molecule has 2 N–H and O–H groups in total. The lowest BCUT2D eigenvalue weighted by molar-refractivity contribution is 0.0601. The van der Waals surface area contributed by atoms with Crippen LogP contribution in [-0.4, -0.2) is 62.0 Å². The standard InChI is InChI=1S/C13H26N2O2/c1-17-10-13(11-4-5-11)15(7-8-16)9-12-3-2-6-14-12/h11-14,16H,2-10H2,1H3. The molecule has 1 saturated heterocycles. The Labute approximate surface area is 104 Å². The number of rotatable bonds is 8. The van der Waals surface area contributed by atoms with Gasteiger partial charge in [0.15, 0.2) is 0 Å². The Bertz CT molecular complexity index is 215. The lowest BCUT2D eigenvalue weighted by atomic mass is 10.1. The Kier molecular flexibility index (Phi) is 5.22. The Hall–Kier alpha value is -0.160. The van der Waals surface area contributed by atoms with Gasteiger partial charge < -0.3 is 15.2 Å². The molecule has 2 atom stereocenters. The minimum Gasteiger partial charge on any atom is -0.395 e. The van der Waals surface area contributed by atoms with Crippen molar-refractivity contribution in [2.24, 2.45) is 5.92 Å². The van der Waals surface area contributed by atoms with E-state index in [4.69, 9.17) is 4.74 Å². The van der Waals surface area contributed by atoms with Gasteiger partial charge in [-0.3, -0.25) is 4.90 Å². The smallest absolute Gasteiger partial charge is 0.0620 e. The van der Waals surface area contributed by atoms with Crippen molar-refractivity contribution in [1.29, 1.82) is 0 Å². The highest BCUT2D eigenvalue weighted by Crippen LogP contribution is 2.35. The number of methoxy groups -OCH3 is 1. The number of ether oxygens (including phenoxy) is 1. The van der Waals surface area contributed by atoms with E-state index < -0.39 is 0 Å². The molecule has 0 bridgehead atoms. The van der Waals surface area contributed by atoms with E-state index >= 15 is 0 Å². The molecule has 1 aliphatic carbocycles. The maximum atomic E-state index is 9.23. The Balaban J connectivity index is 1.87. The van der Waals surface area contributed by atoms with Crippen LogP contribution in [0, 0.1) is 5.92 Å². The zero-order chi connectivity index (χ0) is 12.1. The molecule has 1 heterocycles. The topological polar surface area (TPSA) is 44.7 Å². The summed E-state index contributed by atoms with van der Waals surface area (Å²) >= 11 is 0. The van der Waals surface area contributed by atoms with Gasteiger partial charge in [0.2, 0.25) is 0 Å². The van der Waals surface area contributed by atoms with E-state index in [0.717, 1.165) is 32.2 Å². The van der Waals surface area contributed by atoms with Crippen LogP contribution in [0.5, 0.6) is 0 Å². The van der Waals surface area contributed by atoms with E-state index in [2.05, 4.69) is 10.2 Å². The zero-order valence-electron chi connectivity index (χ0n) is 10.9. The van der Waals surface area contributed by atoms with Crippen LogP contribution in [0.2, 0.25) is 0 Å². The summed E-state index contributed by atoms with van der Waals surface area (Å²) in [6.07, 6.45) is 5.21. The first-order valence-corrected chi connectivity index (χ1v) is 6.92. The van der Waals surface area contributed by atoms with Crippen molar-refractivity contribution in [3.05, 3.63) is 0 Å². The van der Waals surface area contributed by atoms with Crippen LogP contribution < -0.4 is 5.32 Å². The summed E-state index contributed by atoms with van der Waals surface area (Å²) in [4.78, 5) is 2.43. The molecule has 2 rings (SSSR count). The predicted molar refractivity (Wildman–Crippen MR) is 68.1 cm³/mol. The maximum absolute atomic E-state index is 9.23. The first-order chi connectivity index (χ1) is 8.35. The molecule has 2 aliphatic rings. The molecule has 0 aromatic carbocycles. The molecule has 0 aromatic rings. The second kappa shape index (κ2) is 6.69. The highest BCUT2D eigenvalue weighted by Gasteiger charge is 2.36. The fourth-order valence-electron chi connectivity index (χ4n) is 2.91. The third-order valence-corrected chi connectivity index (χ3v) is 3.98. The van der Waals surface area contributed by atoms with Crippen LogP contribution in [0.1, 0.15) is 25.7 Å². The van der Waals surface area contributed by atoms with Crippen LogP contribution >= 0.6 is 0 Å². The molecule has 4 nitrogen and oxygen atoms in total. The minimum absolute atomic E-state index is 0.250. The van der Waals surface area contributed by atoms with Gasteiger partial charge >= 0.3 is 0 Å². The number of aliphatic hydroxyl groups is 1. The summed E-state index contributed by atoms with van der Waals surface area (Å²) in [6.45, 7) is 4.04. The molecule has 0 radical (unpaired) electrons. The quantitative estimate of drug-likeness (QED) is 0.649. The number of aliphatic hydroxyl groups excluding tert-OH is 1. The Morgan fingerprint density at radius 2 is 2.24 bits per heavy atom. The first-order valence-electron chi connectivity index (χ1n) is 6.92. The van der Waals surface area contributed by atoms with E-state index in [1.165, 1.54) is 25.7 Å². The van der Waals surface area contributed by atoms with Gasteiger partial charge in [-0.2, -0.15) is 0 Å². The van der Waals surface area contributed by atoms with Gasteiger partial charge in [0.1, 0.15) is 0 Å². The molecule has 1 saturated carbocycles. The molecular weight excluding hydrogens is 216 g/mol. The molecule has 100 valence electrons. The fraction of sp³-hybridized carbons (Fsp3) is 1.00. The Morgan fingerprint density at radius 1 is 1.41 bits per heavy atom. The second-order valence-corrected chi connectivity index (χ2v) is 5.37. The van der Waals surface area contributed by atoms with E-state index in [9.17, 15) is 5.11 Å². The Morgan fingerprint density at radius 3 is 2.76 bits per heavy atom. The van der Waals surface area contributed by atoms with Gasteiger partial charge in [-0.05, 0) is 38.1 Å². The largest absolute Gasteiger partial charge is 0.395 e. The van der Waals surface area contributed by atoms with Crippen molar-refractivity contribution >= 4 is 0 Å². The summed E-state index contributed by atoms with van der Waals surface area (Å²) in [5.74, 6) is 0.794. The van der Waals surface area contributed by atoms with Crippen LogP contribution in [0.4, 0.5) is 0 Å². The van der Waals surface area contributed by atoms with Gasteiger partial charge in [0.25, 0.3) is 0 Å². The summed E-state index contributed by atoms with van der Waals surface area (Å²) < 4.78 is 5.35. The molecular formula is C13H26N2O2. The van der Waals surface area contributed by atoms with Crippen LogP contribution in [0.15, 0.2) is 0 Å². The second-order valence-electron chi connectivity index (χ2n) is 5.37. The molecule has 1 aliphatic heterocycles. The predicted octanol–water partition coefficient (Wildman–Crippen LogP) is 0.458. The average molecular weight is 242 g/mol. The van der Waals surface area contributed by atoms with Gasteiger partial charge in [0.05, 0.1) is 13.2 Å². The van der Waals surface area contributed by atoms with Gasteiger partial charge in [0, 0.05) is 32.3 Å². The first kappa shape index (κ1) is 13.3. The molecule has 0 amide bonds. The molecule has 0 spiro atoms. The van der Waals surface area contributed by atoms with Crippen molar-refractivity contribution in [2.75, 3.05) is 40.0 Å². The molecule has 17 heavy (non-hydrogen) atoms. The van der Waals surface area contributed by atoms with Crippen molar-refractivity contribution in [3.8, 4) is 0 Å². The summed E-state index contributed by atoms with van der Waals surface area (Å²) in [6, 6.07) is 1.12. The van der Waals surface area contributed by atoms with Crippen molar-refractivity contribution in [2.45, 2.75) is 37.8 Å². The normalized spacial score (nSPS) is 26.6. The molecule has 4 heteroatoms. The fourth-order valence-corrected chi connectivity index (χ4v) is 2.91. The van der Waals surface area contributed by atoms with Crippen LogP contribution in [0.3, 0.4) is 0 Å². The molecule has 0 aromatic heterocycles. The maximum Gasteiger partial charge on any atom is 0.0620 e. The minimum atomic E-state index is 0.250. The number of nitrogens with zero attached hydrogens (tertiary/aromatic N) is 1. The van der Waals surface area contributed by atoms with Gasteiger partial charge in [-0.25, -0.2) is 0 Å². The van der Waals surface area contributed by atoms with Crippen molar-refractivity contribution < 1.29 is 9.84 Å². The average Bonchev–Trinajstić information content (AvgIpc) is 3.04. The van der Waals surface area contributed by atoms with E-state index in [1.54, 1.807) is 7.11 Å². The van der Waals surface area contributed by atoms with Crippen LogP contribution in [0.25, 0.3) is 0 Å². The van der Waals surface area contributed by atoms with E-state index in [0.29, 0.717) is 12.1 Å². The number of hydrogen-bond acceptors (Lipinski definition) is 4. The van der Waals surface area contributed by atoms with Gasteiger partial charge in [-0.1, -0.05) is 0 Å². The summed E-state index contributed by atoms with van der Waals surface area (Å²) in [5, 5.41) is 12.8. The monoisotopic (exact) mass is 242 g/mol. The number of nitrogens with one attached hydrogen (secondary N) is 1. The highest BCUT2D eigenvalue weighted by molar-refractivity contribution is 4.90. The van der Waals surface area contributed by atoms with E-state index in [-0.39, 0.29) is 6.61 Å². The lowest BCUT2D eigenvalue weighted by Gasteiger charge is -2.33.